The summed E-state index contributed by atoms with van der Waals surface area (Å²) in [6, 6.07) is 29.6. The Kier molecular flexibility index (Phi) is 9.69. The fraction of sp³-hybridized carbons (Fsp3) is 0.387. The van der Waals surface area contributed by atoms with E-state index in [4.69, 9.17) is 14.2 Å². The molecule has 0 unspecified atom stereocenters. The second kappa shape index (κ2) is 12.8. The monoisotopic (exact) mass is 566 g/mol. The van der Waals surface area contributed by atoms with Crippen LogP contribution in [0.1, 0.15) is 38.1 Å². The van der Waals surface area contributed by atoms with Gasteiger partial charge in [0, 0.05) is 12.4 Å². The Hall–Kier alpha value is -2.46. The first-order valence-electron chi connectivity index (χ1n) is 13.3. The number of carbonyl (C=O) groups excluding carboxylic acids is 1. The molecule has 1 saturated heterocycles. The molecule has 3 aromatic rings. The maximum Gasteiger partial charge on any atom is 0.338 e. The first-order chi connectivity index (χ1) is 18.7. The van der Waals surface area contributed by atoms with Crippen LogP contribution < -0.4 is 10.4 Å². The number of aliphatic hydroxyl groups is 2. The smallest absolute Gasteiger partial charge is 0.338 e. The lowest BCUT2D eigenvalue weighted by Crippen LogP contribution is -2.64. The van der Waals surface area contributed by atoms with Crippen molar-refractivity contribution in [2.24, 2.45) is 0 Å². The van der Waals surface area contributed by atoms with Gasteiger partial charge in [0.05, 0.1) is 11.7 Å². The average Bonchev–Trinajstić information content (AvgIpc) is 2.94. The van der Waals surface area contributed by atoms with E-state index in [0.717, 1.165) is 0 Å². The van der Waals surface area contributed by atoms with Gasteiger partial charge in [-0.1, -0.05) is 99.6 Å². The molecular weight excluding hydrogens is 528 g/mol. The molecule has 2 N–H and O–H groups in total. The van der Waals surface area contributed by atoms with Crippen molar-refractivity contribution < 1.29 is 29.2 Å². The molecule has 0 spiro atoms. The van der Waals surface area contributed by atoms with Crippen LogP contribution in [-0.4, -0.2) is 66.5 Å². The van der Waals surface area contributed by atoms with E-state index in [-0.39, 0.29) is 5.04 Å². The number of esters is 1. The summed E-state index contributed by atoms with van der Waals surface area (Å²) in [4.78, 5) is 12.8. The maximum absolute atomic E-state index is 12.8. The molecule has 6 nitrogen and oxygen atoms in total. The molecule has 0 aromatic heterocycles. The predicted octanol–water partition coefficient (Wildman–Crippen LogP) is 3.99. The minimum Gasteiger partial charge on any atom is -0.450 e. The summed E-state index contributed by atoms with van der Waals surface area (Å²) in [5.41, 5.74) is 0.346. The lowest BCUT2D eigenvalue weighted by Gasteiger charge is -2.46. The van der Waals surface area contributed by atoms with Gasteiger partial charge in [-0.2, -0.15) is 11.2 Å². The number of hydrogen-bond acceptors (Lipinski definition) is 7. The van der Waals surface area contributed by atoms with Crippen molar-refractivity contribution in [2.75, 3.05) is 12.4 Å². The zero-order chi connectivity index (χ0) is 28.0. The molecule has 4 rings (SSSR count). The van der Waals surface area contributed by atoms with Crippen molar-refractivity contribution >= 4 is 34.8 Å². The Morgan fingerprint density at radius 1 is 0.872 bits per heavy atom. The summed E-state index contributed by atoms with van der Waals surface area (Å²) in [5.74, 6) is -0.186. The first-order valence-corrected chi connectivity index (χ1v) is 17.0. The zero-order valence-corrected chi connectivity index (χ0v) is 24.7. The molecule has 8 heteroatoms. The SMILES string of the molecule is CCO[C@H]1O[C@H](CS[Si](c2ccccc2)(c2ccccc2)C(C)(C)C)[C@H](O)[C@H](O)[C@H]1OC(=O)c1ccccc1. The highest BCUT2D eigenvalue weighted by molar-refractivity contribution is 8.32. The molecule has 1 heterocycles. The van der Waals surface area contributed by atoms with E-state index in [1.54, 1.807) is 41.5 Å². The molecule has 208 valence electrons. The largest absolute Gasteiger partial charge is 0.450 e. The van der Waals surface area contributed by atoms with Gasteiger partial charge in [-0.05, 0) is 34.5 Å². The van der Waals surface area contributed by atoms with Gasteiger partial charge in [0.1, 0.15) is 12.2 Å². The molecule has 1 fully saturated rings. The van der Waals surface area contributed by atoms with Crippen LogP contribution in [0, 0.1) is 0 Å². The average molecular weight is 567 g/mol. The molecule has 1 aliphatic rings. The third kappa shape index (κ3) is 6.32. The zero-order valence-electron chi connectivity index (χ0n) is 22.9. The van der Waals surface area contributed by atoms with Crippen molar-refractivity contribution in [3.05, 3.63) is 96.6 Å². The Morgan fingerprint density at radius 3 is 1.87 bits per heavy atom. The molecule has 0 radical (unpaired) electrons. The molecule has 1 aliphatic heterocycles. The van der Waals surface area contributed by atoms with Gasteiger partial charge < -0.3 is 24.4 Å². The number of carbonyl (C=O) groups is 1. The Bertz CT molecular complexity index is 1150. The van der Waals surface area contributed by atoms with Crippen molar-refractivity contribution in [3.8, 4) is 0 Å². The highest BCUT2D eigenvalue weighted by atomic mass is 32.4. The fourth-order valence-corrected chi connectivity index (χ4v) is 14.4. The van der Waals surface area contributed by atoms with Crippen LogP contribution in [0.5, 0.6) is 0 Å². The third-order valence-electron chi connectivity index (χ3n) is 7.11. The van der Waals surface area contributed by atoms with Crippen LogP contribution in [-0.2, 0) is 14.2 Å². The van der Waals surface area contributed by atoms with Crippen molar-refractivity contribution in [2.45, 2.75) is 63.4 Å². The highest BCUT2D eigenvalue weighted by Gasteiger charge is 2.52. The molecule has 0 aliphatic carbocycles. The van der Waals surface area contributed by atoms with Crippen molar-refractivity contribution in [1.82, 2.24) is 0 Å². The van der Waals surface area contributed by atoms with Gasteiger partial charge in [-0.15, -0.1) is 0 Å². The second-order valence-corrected chi connectivity index (χ2v) is 18.0. The van der Waals surface area contributed by atoms with Crippen LogP contribution in [0.3, 0.4) is 0 Å². The standard InChI is InChI=1S/C31H38O6SSi/c1-5-35-30-28(37-29(34)22-15-9-6-10-16-22)27(33)26(32)25(36-30)21-38-39(31(2,3)4,23-17-11-7-12-18-23)24-19-13-8-14-20-24/h6-20,25-28,30,32-33H,5,21H2,1-4H3/t25-,26+,27+,28-,30+/m1/s1. The number of rotatable bonds is 9. The molecule has 0 saturated carbocycles. The third-order valence-corrected chi connectivity index (χ3v) is 17.5. The molecule has 39 heavy (non-hydrogen) atoms. The number of hydrogen-bond donors (Lipinski definition) is 2. The van der Waals surface area contributed by atoms with Crippen LogP contribution in [0.15, 0.2) is 91.0 Å². The first kappa shape index (κ1) is 29.5. The van der Waals surface area contributed by atoms with E-state index < -0.39 is 43.9 Å². The summed E-state index contributed by atoms with van der Waals surface area (Å²) < 4.78 is 17.6. The fourth-order valence-electron chi connectivity index (χ4n) is 5.20. The Labute approximate surface area is 236 Å². The quantitative estimate of drug-likeness (QED) is 0.299. The lowest BCUT2D eigenvalue weighted by atomic mass is 9.99. The minimum atomic E-state index is -2.49. The van der Waals surface area contributed by atoms with Gasteiger partial charge in [0.25, 0.3) is 0 Å². The number of ether oxygens (including phenoxy) is 3. The summed E-state index contributed by atoms with van der Waals surface area (Å²) in [7, 11) is -2.49. The van der Waals surface area contributed by atoms with E-state index in [1.165, 1.54) is 10.4 Å². The summed E-state index contributed by atoms with van der Waals surface area (Å²) in [6.45, 7) is 8.90. The van der Waals surface area contributed by atoms with E-state index in [0.29, 0.717) is 17.9 Å². The van der Waals surface area contributed by atoms with E-state index in [1.807, 2.05) is 19.1 Å². The Balaban J connectivity index is 1.61. The number of aliphatic hydroxyl groups excluding tert-OH is 2. The van der Waals surface area contributed by atoms with Gasteiger partial charge in [-0.25, -0.2) is 4.79 Å². The molecule has 0 bridgehead atoms. The topological polar surface area (TPSA) is 85.2 Å². The van der Waals surface area contributed by atoms with Gasteiger partial charge in [-0.3, -0.25) is 0 Å². The van der Waals surface area contributed by atoms with Crippen LogP contribution in [0.2, 0.25) is 5.04 Å². The number of benzene rings is 3. The lowest BCUT2D eigenvalue weighted by molar-refractivity contribution is -0.289. The van der Waals surface area contributed by atoms with Crippen LogP contribution in [0.4, 0.5) is 0 Å². The minimum absolute atomic E-state index is 0.0916. The van der Waals surface area contributed by atoms with E-state index in [2.05, 4.69) is 69.3 Å². The summed E-state index contributed by atoms with van der Waals surface area (Å²) in [5, 5.41) is 24.8. The van der Waals surface area contributed by atoms with E-state index in [9.17, 15) is 15.0 Å². The summed E-state index contributed by atoms with van der Waals surface area (Å²) >= 11 is 1.81. The summed E-state index contributed by atoms with van der Waals surface area (Å²) in [6.07, 6.45) is -5.53. The maximum atomic E-state index is 12.8. The van der Waals surface area contributed by atoms with Gasteiger partial charge in [0.2, 0.25) is 0 Å². The molecule has 0 amide bonds. The van der Waals surface area contributed by atoms with E-state index >= 15 is 0 Å². The Morgan fingerprint density at radius 2 is 1.38 bits per heavy atom. The highest BCUT2D eigenvalue weighted by Crippen LogP contribution is 2.44. The molecule has 5 atom stereocenters. The van der Waals surface area contributed by atoms with Crippen LogP contribution >= 0.6 is 11.2 Å². The van der Waals surface area contributed by atoms with Crippen molar-refractivity contribution in [1.29, 1.82) is 0 Å². The molecule has 3 aromatic carbocycles. The van der Waals surface area contributed by atoms with Crippen LogP contribution in [0.25, 0.3) is 0 Å². The predicted molar refractivity (Wildman–Crippen MR) is 158 cm³/mol. The second-order valence-electron chi connectivity index (χ2n) is 10.7. The van der Waals surface area contributed by atoms with Gasteiger partial charge in [0.15, 0.2) is 19.6 Å². The van der Waals surface area contributed by atoms with Gasteiger partial charge >= 0.3 is 5.97 Å². The van der Waals surface area contributed by atoms with Crippen molar-refractivity contribution in [3.63, 3.8) is 0 Å². The molecular formula is C31H38O6SSi. The normalized spacial score (nSPS) is 23.8.